The highest BCUT2D eigenvalue weighted by atomic mass is 16.5. The van der Waals surface area contributed by atoms with E-state index in [-0.39, 0.29) is 12.5 Å². The second-order valence-electron chi connectivity index (χ2n) is 7.20. The summed E-state index contributed by atoms with van der Waals surface area (Å²) in [5.41, 5.74) is 3.48. The summed E-state index contributed by atoms with van der Waals surface area (Å²) >= 11 is 0. The largest absolute Gasteiger partial charge is 0.484 e. The summed E-state index contributed by atoms with van der Waals surface area (Å²) in [6, 6.07) is 21.2. The fraction of sp³-hybridized carbons (Fsp3) is 0.0833. The lowest BCUT2D eigenvalue weighted by Gasteiger charge is -2.12. The number of aromatic nitrogens is 4. The number of para-hydroxylation sites is 1. The summed E-state index contributed by atoms with van der Waals surface area (Å²) in [7, 11) is 1.57. The van der Waals surface area contributed by atoms with Crippen LogP contribution < -0.4 is 15.4 Å². The van der Waals surface area contributed by atoms with Gasteiger partial charge in [0.25, 0.3) is 5.91 Å². The molecule has 32 heavy (non-hydrogen) atoms. The van der Waals surface area contributed by atoms with Crippen LogP contribution in [-0.2, 0) is 4.79 Å². The smallest absolute Gasteiger partial charge is 0.257 e. The summed E-state index contributed by atoms with van der Waals surface area (Å²) in [6.45, 7) is -0.0537. The number of aromatic amines is 1. The van der Waals surface area contributed by atoms with Gasteiger partial charge in [-0.2, -0.15) is 5.10 Å². The lowest BCUT2D eigenvalue weighted by molar-refractivity contribution is -0.122. The first-order valence-corrected chi connectivity index (χ1v) is 10.1. The number of amides is 1. The third kappa shape index (κ3) is 3.93. The van der Waals surface area contributed by atoms with Crippen molar-refractivity contribution in [2.45, 2.75) is 0 Å². The Hall–Kier alpha value is -4.46. The van der Waals surface area contributed by atoms with Crippen molar-refractivity contribution >= 4 is 39.2 Å². The van der Waals surface area contributed by atoms with Crippen molar-refractivity contribution < 1.29 is 9.53 Å². The van der Waals surface area contributed by atoms with Crippen LogP contribution in [0.1, 0.15) is 0 Å². The van der Waals surface area contributed by atoms with Gasteiger partial charge < -0.3 is 15.4 Å². The van der Waals surface area contributed by atoms with Crippen LogP contribution in [0.25, 0.3) is 33.2 Å². The SMILES string of the molecule is CNC(=O)COc1cccc(-c2nc(Nc3ccc4[nH]ncc4c3)c3ccccc3n2)c1. The Bertz CT molecular complexity index is 1430. The van der Waals surface area contributed by atoms with E-state index in [1.165, 1.54) is 0 Å². The summed E-state index contributed by atoms with van der Waals surface area (Å²) in [5.74, 6) is 1.63. The Morgan fingerprint density at radius 2 is 1.94 bits per heavy atom. The van der Waals surface area contributed by atoms with Crippen LogP contribution in [0, 0.1) is 0 Å². The first kappa shape index (κ1) is 19.5. The van der Waals surface area contributed by atoms with Crippen molar-refractivity contribution in [1.82, 2.24) is 25.5 Å². The number of hydrogen-bond acceptors (Lipinski definition) is 6. The van der Waals surface area contributed by atoms with Gasteiger partial charge in [0, 0.05) is 29.1 Å². The van der Waals surface area contributed by atoms with Crippen LogP contribution >= 0.6 is 0 Å². The Morgan fingerprint density at radius 1 is 1.03 bits per heavy atom. The van der Waals surface area contributed by atoms with E-state index in [1.54, 1.807) is 19.3 Å². The van der Waals surface area contributed by atoms with Gasteiger partial charge in [0.15, 0.2) is 12.4 Å². The van der Waals surface area contributed by atoms with E-state index in [0.717, 1.165) is 33.1 Å². The van der Waals surface area contributed by atoms with E-state index in [2.05, 4.69) is 20.8 Å². The van der Waals surface area contributed by atoms with Gasteiger partial charge in [0.1, 0.15) is 11.6 Å². The summed E-state index contributed by atoms with van der Waals surface area (Å²) in [5, 5.41) is 14.9. The molecule has 0 aliphatic heterocycles. The van der Waals surface area contributed by atoms with Gasteiger partial charge in [-0.15, -0.1) is 0 Å². The molecule has 0 bridgehead atoms. The van der Waals surface area contributed by atoms with Gasteiger partial charge in [0.05, 0.1) is 17.2 Å². The fourth-order valence-electron chi connectivity index (χ4n) is 3.40. The van der Waals surface area contributed by atoms with Crippen molar-refractivity contribution in [2.24, 2.45) is 0 Å². The van der Waals surface area contributed by atoms with Crippen molar-refractivity contribution in [1.29, 1.82) is 0 Å². The predicted molar refractivity (Wildman–Crippen MR) is 124 cm³/mol. The van der Waals surface area contributed by atoms with Gasteiger partial charge in [0.2, 0.25) is 0 Å². The molecule has 0 unspecified atom stereocenters. The highest BCUT2D eigenvalue weighted by Crippen LogP contribution is 2.29. The molecule has 2 aromatic heterocycles. The zero-order chi connectivity index (χ0) is 21.9. The molecule has 1 amide bonds. The Balaban J connectivity index is 1.52. The van der Waals surface area contributed by atoms with Crippen LogP contribution in [0.15, 0.2) is 72.9 Å². The first-order chi connectivity index (χ1) is 15.7. The maximum atomic E-state index is 11.5. The molecule has 8 nitrogen and oxygen atoms in total. The highest BCUT2D eigenvalue weighted by molar-refractivity contribution is 5.93. The molecular formula is C24H20N6O2. The minimum Gasteiger partial charge on any atom is -0.484 e. The number of ether oxygens (including phenoxy) is 1. The second kappa shape index (κ2) is 8.35. The fourth-order valence-corrected chi connectivity index (χ4v) is 3.40. The molecule has 0 fully saturated rings. The van der Waals surface area contributed by atoms with Crippen molar-refractivity contribution in [3.63, 3.8) is 0 Å². The van der Waals surface area contributed by atoms with E-state index in [1.807, 2.05) is 60.7 Å². The number of anilines is 2. The number of nitrogens with zero attached hydrogens (tertiary/aromatic N) is 3. The van der Waals surface area contributed by atoms with Gasteiger partial charge in [-0.1, -0.05) is 24.3 Å². The standard InChI is InChI=1S/C24H20N6O2/c1-25-22(31)14-32-18-6-4-5-15(12-18)23-28-21-8-3-2-7-19(21)24(29-23)27-17-9-10-20-16(11-17)13-26-30-20/h2-13H,14H2,1H3,(H,25,31)(H,26,30)(H,27,28,29). The van der Waals surface area contributed by atoms with Crippen LogP contribution in [-0.4, -0.2) is 39.7 Å². The van der Waals surface area contributed by atoms with Gasteiger partial charge in [-0.3, -0.25) is 9.89 Å². The van der Waals surface area contributed by atoms with Crippen molar-refractivity contribution in [3.8, 4) is 17.1 Å². The monoisotopic (exact) mass is 424 g/mol. The molecule has 0 saturated carbocycles. The molecule has 0 saturated heterocycles. The molecule has 3 N–H and O–H groups in total. The number of likely N-dealkylation sites (N-methyl/N-ethyl adjacent to an activating group) is 1. The highest BCUT2D eigenvalue weighted by Gasteiger charge is 2.11. The minimum atomic E-state index is -0.196. The molecule has 158 valence electrons. The predicted octanol–water partition coefficient (Wildman–Crippen LogP) is 4.04. The molecular weight excluding hydrogens is 404 g/mol. The minimum absolute atomic E-state index is 0.0537. The van der Waals surface area contributed by atoms with Crippen molar-refractivity contribution in [2.75, 3.05) is 19.0 Å². The molecule has 0 spiro atoms. The maximum absolute atomic E-state index is 11.5. The third-order valence-electron chi connectivity index (χ3n) is 5.05. The van der Waals surface area contributed by atoms with Crippen LogP contribution in [0.3, 0.4) is 0 Å². The summed E-state index contributed by atoms with van der Waals surface area (Å²) < 4.78 is 5.58. The van der Waals surface area contributed by atoms with Gasteiger partial charge in [-0.05, 0) is 42.5 Å². The van der Waals surface area contributed by atoms with Crippen LogP contribution in [0.4, 0.5) is 11.5 Å². The van der Waals surface area contributed by atoms with E-state index in [9.17, 15) is 4.79 Å². The number of nitrogens with one attached hydrogen (secondary N) is 3. The number of benzene rings is 3. The lowest BCUT2D eigenvalue weighted by Crippen LogP contribution is -2.24. The number of rotatable bonds is 6. The molecule has 0 radical (unpaired) electrons. The number of carbonyl (C=O) groups is 1. The molecule has 0 aliphatic rings. The molecule has 8 heteroatoms. The van der Waals surface area contributed by atoms with Crippen LogP contribution in [0.2, 0.25) is 0 Å². The van der Waals surface area contributed by atoms with Crippen LogP contribution in [0.5, 0.6) is 5.75 Å². The molecule has 5 aromatic rings. The van der Waals surface area contributed by atoms with Gasteiger partial charge in [-0.25, -0.2) is 9.97 Å². The zero-order valence-corrected chi connectivity index (χ0v) is 17.3. The average Bonchev–Trinajstić information content (AvgIpc) is 3.30. The number of hydrogen-bond donors (Lipinski definition) is 3. The normalized spacial score (nSPS) is 10.9. The summed E-state index contributed by atoms with van der Waals surface area (Å²) in [4.78, 5) is 21.0. The molecule has 0 aliphatic carbocycles. The molecule has 3 aromatic carbocycles. The lowest BCUT2D eigenvalue weighted by atomic mass is 10.1. The van der Waals surface area contributed by atoms with Crippen molar-refractivity contribution in [3.05, 3.63) is 72.9 Å². The van der Waals surface area contributed by atoms with E-state index in [4.69, 9.17) is 14.7 Å². The number of H-pyrrole nitrogens is 1. The Kier molecular flexibility index (Phi) is 5.09. The van der Waals surface area contributed by atoms with E-state index >= 15 is 0 Å². The molecule has 5 rings (SSSR count). The quantitative estimate of drug-likeness (QED) is 0.380. The molecule has 0 atom stereocenters. The molecule has 2 heterocycles. The second-order valence-corrected chi connectivity index (χ2v) is 7.20. The zero-order valence-electron chi connectivity index (χ0n) is 17.3. The average molecular weight is 424 g/mol. The maximum Gasteiger partial charge on any atom is 0.257 e. The number of carbonyl (C=O) groups excluding carboxylic acids is 1. The first-order valence-electron chi connectivity index (χ1n) is 10.1. The number of fused-ring (bicyclic) bond motifs is 2. The van der Waals surface area contributed by atoms with Gasteiger partial charge >= 0.3 is 0 Å². The topological polar surface area (TPSA) is 105 Å². The summed E-state index contributed by atoms with van der Waals surface area (Å²) in [6.07, 6.45) is 1.79. The van der Waals surface area contributed by atoms with E-state index < -0.39 is 0 Å². The third-order valence-corrected chi connectivity index (χ3v) is 5.05. The Morgan fingerprint density at radius 3 is 2.84 bits per heavy atom. The van der Waals surface area contributed by atoms with E-state index in [0.29, 0.717) is 17.4 Å². The Labute approximate surface area is 183 Å².